The molecule has 0 N–H and O–H groups in total. The quantitative estimate of drug-likeness (QED) is 0.205. The molecular weight excluding hydrogens is 526 g/mol. The number of furan rings is 1. The van der Waals surface area contributed by atoms with Crippen molar-refractivity contribution in [2.24, 2.45) is 0 Å². The summed E-state index contributed by atoms with van der Waals surface area (Å²) in [6.45, 7) is 0. The standard InChI is InChI=1S/C39H21N3O/c1-2-11-23-22(10-1)24-14-9-15-26-31(21-20-25(23)34(24)26)41-30-17-6-3-12-27(30)36-37-35(28-13-4-8-19-33(28)43-37)38-40-29-16-5-7-18-32(29)42(38)39(36)41/h1-21H. The van der Waals surface area contributed by atoms with Gasteiger partial charge in [0.1, 0.15) is 11.2 Å². The second-order valence-electron chi connectivity index (χ2n) is 11.5. The van der Waals surface area contributed by atoms with E-state index >= 15 is 0 Å². The lowest BCUT2D eigenvalue weighted by Crippen LogP contribution is -2.00. The topological polar surface area (TPSA) is 35.4 Å². The van der Waals surface area contributed by atoms with Crippen LogP contribution in [0.1, 0.15) is 0 Å². The van der Waals surface area contributed by atoms with E-state index in [9.17, 15) is 0 Å². The summed E-state index contributed by atoms with van der Waals surface area (Å²) in [5.41, 5.74) is 13.3. The SMILES string of the molecule is c1ccc2c(c1)-c1cccc3c(-n4c5ccccc5c5c6oc7ccccc7c6c6nc7ccccc7n6c54)ccc-2c13. The van der Waals surface area contributed by atoms with E-state index in [0.29, 0.717) is 0 Å². The molecule has 0 aliphatic heterocycles. The number of pyridine rings is 1. The summed E-state index contributed by atoms with van der Waals surface area (Å²) in [7, 11) is 0. The fourth-order valence-electron chi connectivity index (χ4n) is 7.75. The Morgan fingerprint density at radius 1 is 0.488 bits per heavy atom. The third kappa shape index (κ3) is 2.52. The van der Waals surface area contributed by atoms with Gasteiger partial charge < -0.3 is 4.42 Å². The first-order valence-electron chi connectivity index (χ1n) is 14.7. The molecule has 1 aliphatic carbocycles. The van der Waals surface area contributed by atoms with Gasteiger partial charge in [0.15, 0.2) is 11.2 Å². The van der Waals surface area contributed by atoms with Gasteiger partial charge in [-0.25, -0.2) is 4.98 Å². The molecule has 0 bridgehead atoms. The lowest BCUT2D eigenvalue weighted by molar-refractivity contribution is 0.673. The van der Waals surface area contributed by atoms with Crippen LogP contribution in [0.4, 0.5) is 0 Å². The highest BCUT2D eigenvalue weighted by molar-refractivity contribution is 6.28. The van der Waals surface area contributed by atoms with Gasteiger partial charge in [0.2, 0.25) is 0 Å². The van der Waals surface area contributed by atoms with Crippen molar-refractivity contribution in [3.63, 3.8) is 0 Å². The van der Waals surface area contributed by atoms with Crippen LogP contribution in [0.15, 0.2) is 132 Å². The minimum atomic E-state index is 0.874. The summed E-state index contributed by atoms with van der Waals surface area (Å²) >= 11 is 0. The first kappa shape index (κ1) is 21.8. The molecule has 1 aliphatic rings. The molecule has 4 aromatic heterocycles. The summed E-state index contributed by atoms with van der Waals surface area (Å²) in [5.74, 6) is 0. The lowest BCUT2D eigenvalue weighted by atomic mass is 10.0. The Labute approximate surface area is 244 Å². The number of rotatable bonds is 1. The third-order valence-electron chi connectivity index (χ3n) is 9.43. The van der Waals surface area contributed by atoms with E-state index < -0.39 is 0 Å². The Hall–Kier alpha value is -5.87. The number of fused-ring (bicyclic) bond motifs is 15. The Morgan fingerprint density at radius 3 is 2.05 bits per heavy atom. The Kier molecular flexibility index (Phi) is 3.80. The maximum atomic E-state index is 6.74. The van der Waals surface area contributed by atoms with Crippen LogP contribution in [-0.2, 0) is 0 Å². The largest absolute Gasteiger partial charge is 0.455 e. The Morgan fingerprint density at radius 2 is 1.16 bits per heavy atom. The minimum Gasteiger partial charge on any atom is -0.455 e. The molecule has 198 valence electrons. The van der Waals surface area contributed by atoms with Crippen LogP contribution in [0, 0.1) is 0 Å². The van der Waals surface area contributed by atoms with Crippen LogP contribution < -0.4 is 0 Å². The highest BCUT2D eigenvalue weighted by Gasteiger charge is 2.27. The molecule has 0 atom stereocenters. The summed E-state index contributed by atoms with van der Waals surface area (Å²) < 4.78 is 11.5. The minimum absolute atomic E-state index is 0.874. The molecule has 10 aromatic rings. The number of benzene rings is 6. The maximum absolute atomic E-state index is 6.74. The van der Waals surface area contributed by atoms with Crippen LogP contribution in [0.2, 0.25) is 0 Å². The maximum Gasteiger partial charge on any atom is 0.151 e. The van der Waals surface area contributed by atoms with Gasteiger partial charge >= 0.3 is 0 Å². The number of imidazole rings is 1. The summed E-state index contributed by atoms with van der Waals surface area (Å²) in [4.78, 5) is 5.24. The fourth-order valence-corrected chi connectivity index (χ4v) is 7.75. The summed E-state index contributed by atoms with van der Waals surface area (Å²) in [6.07, 6.45) is 0. The van der Waals surface area contributed by atoms with Crippen molar-refractivity contribution >= 4 is 71.3 Å². The predicted molar refractivity (Wildman–Crippen MR) is 176 cm³/mol. The number of aromatic nitrogens is 3. The molecule has 0 spiro atoms. The first-order valence-corrected chi connectivity index (χ1v) is 14.7. The number of nitrogens with zero attached hydrogens (tertiary/aromatic N) is 3. The highest BCUT2D eigenvalue weighted by Crippen LogP contribution is 2.50. The molecule has 0 fully saturated rings. The molecule has 11 rings (SSSR count). The Balaban J connectivity index is 1.43. The molecule has 0 amide bonds. The molecule has 0 radical (unpaired) electrons. The average Bonchev–Trinajstić information content (AvgIpc) is 3.80. The van der Waals surface area contributed by atoms with Crippen molar-refractivity contribution in [2.75, 3.05) is 0 Å². The van der Waals surface area contributed by atoms with E-state index in [-0.39, 0.29) is 0 Å². The van der Waals surface area contributed by atoms with Crippen molar-refractivity contribution in [1.82, 2.24) is 14.0 Å². The van der Waals surface area contributed by atoms with Gasteiger partial charge in [-0.15, -0.1) is 0 Å². The third-order valence-corrected chi connectivity index (χ3v) is 9.43. The molecule has 4 nitrogen and oxygen atoms in total. The zero-order valence-electron chi connectivity index (χ0n) is 22.9. The Bertz CT molecular complexity index is 2790. The van der Waals surface area contributed by atoms with Gasteiger partial charge in [0.25, 0.3) is 0 Å². The first-order chi connectivity index (χ1) is 21.4. The van der Waals surface area contributed by atoms with Crippen LogP contribution >= 0.6 is 0 Å². The van der Waals surface area contributed by atoms with E-state index in [1.54, 1.807) is 0 Å². The van der Waals surface area contributed by atoms with Gasteiger partial charge in [0.05, 0.1) is 33.0 Å². The molecule has 43 heavy (non-hydrogen) atoms. The van der Waals surface area contributed by atoms with Gasteiger partial charge in [0, 0.05) is 16.2 Å². The van der Waals surface area contributed by atoms with Crippen molar-refractivity contribution in [2.45, 2.75) is 0 Å². The van der Waals surface area contributed by atoms with E-state index in [1.807, 2.05) is 6.07 Å². The van der Waals surface area contributed by atoms with Crippen LogP contribution in [0.5, 0.6) is 0 Å². The van der Waals surface area contributed by atoms with Gasteiger partial charge in [-0.1, -0.05) is 97.1 Å². The fraction of sp³-hybridized carbons (Fsp3) is 0. The second-order valence-corrected chi connectivity index (χ2v) is 11.5. The van der Waals surface area contributed by atoms with Gasteiger partial charge in [-0.2, -0.15) is 0 Å². The zero-order chi connectivity index (χ0) is 27.8. The highest BCUT2D eigenvalue weighted by atomic mass is 16.3. The van der Waals surface area contributed by atoms with Crippen molar-refractivity contribution in [3.8, 4) is 27.9 Å². The van der Waals surface area contributed by atoms with Crippen molar-refractivity contribution in [3.05, 3.63) is 127 Å². The van der Waals surface area contributed by atoms with Crippen LogP contribution in [-0.4, -0.2) is 14.0 Å². The molecular formula is C39H21N3O. The van der Waals surface area contributed by atoms with E-state index in [4.69, 9.17) is 9.40 Å². The second kappa shape index (κ2) is 7.50. The lowest BCUT2D eigenvalue weighted by Gasteiger charge is -2.14. The van der Waals surface area contributed by atoms with Gasteiger partial charge in [-0.3, -0.25) is 8.97 Å². The smallest absolute Gasteiger partial charge is 0.151 e. The summed E-state index contributed by atoms with van der Waals surface area (Å²) in [6, 6.07) is 45.5. The average molecular weight is 548 g/mol. The zero-order valence-corrected chi connectivity index (χ0v) is 22.9. The molecule has 4 heteroatoms. The molecule has 0 unspecified atom stereocenters. The van der Waals surface area contributed by atoms with Gasteiger partial charge in [-0.05, 0) is 58.0 Å². The number of para-hydroxylation sites is 4. The monoisotopic (exact) mass is 547 g/mol. The number of hydrogen-bond acceptors (Lipinski definition) is 2. The van der Waals surface area contributed by atoms with Crippen LogP contribution in [0.25, 0.3) is 99.3 Å². The van der Waals surface area contributed by atoms with E-state index in [2.05, 4.69) is 130 Å². The molecule has 0 saturated carbocycles. The van der Waals surface area contributed by atoms with Crippen LogP contribution in [0.3, 0.4) is 0 Å². The predicted octanol–water partition coefficient (Wildman–Crippen LogP) is 10.3. The van der Waals surface area contributed by atoms with E-state index in [0.717, 1.165) is 66.2 Å². The van der Waals surface area contributed by atoms with E-state index in [1.165, 1.54) is 33.0 Å². The molecule has 4 heterocycles. The normalized spacial score (nSPS) is 12.7. The molecule has 0 saturated heterocycles. The van der Waals surface area contributed by atoms with Crippen molar-refractivity contribution < 1.29 is 4.42 Å². The molecule has 6 aromatic carbocycles. The summed E-state index contributed by atoms with van der Waals surface area (Å²) in [5, 5.41) is 6.94. The van der Waals surface area contributed by atoms with Crippen molar-refractivity contribution in [1.29, 1.82) is 0 Å². The number of hydrogen-bond donors (Lipinski definition) is 0.